The van der Waals surface area contributed by atoms with Gasteiger partial charge in [-0.25, -0.2) is 8.42 Å². The predicted octanol–water partition coefficient (Wildman–Crippen LogP) is 5.84. The van der Waals surface area contributed by atoms with E-state index in [0.717, 1.165) is 28.1 Å². The van der Waals surface area contributed by atoms with Gasteiger partial charge in [-0.3, -0.25) is 9.10 Å². The van der Waals surface area contributed by atoms with Gasteiger partial charge in [0.25, 0.3) is 10.0 Å². The second kappa shape index (κ2) is 9.86. The van der Waals surface area contributed by atoms with Crippen LogP contribution in [0.5, 0.6) is 11.5 Å². The molecule has 0 aromatic heterocycles. The number of benzene rings is 3. The molecule has 7 nitrogen and oxygen atoms in total. The van der Waals surface area contributed by atoms with Crippen molar-refractivity contribution in [3.8, 4) is 22.6 Å². The Kier molecular flexibility index (Phi) is 7.09. The third-order valence-electron chi connectivity index (χ3n) is 6.36. The largest absolute Gasteiger partial charge is 0.497 e. The number of hydrogen-bond donors (Lipinski definition) is 1. The van der Waals surface area contributed by atoms with Gasteiger partial charge >= 0.3 is 12.1 Å². The molecule has 1 aliphatic heterocycles. The minimum Gasteiger partial charge on any atom is -0.497 e. The highest BCUT2D eigenvalue weighted by Gasteiger charge is 2.40. The first-order valence-electron chi connectivity index (χ1n) is 11.6. The lowest BCUT2D eigenvalue weighted by Crippen LogP contribution is -2.46. The number of ether oxygens (including phenoxy) is 2. The molecule has 38 heavy (non-hydrogen) atoms. The summed E-state index contributed by atoms with van der Waals surface area (Å²) >= 11 is 0. The highest BCUT2D eigenvalue weighted by molar-refractivity contribution is 7.92. The van der Waals surface area contributed by atoms with Gasteiger partial charge in [-0.2, -0.15) is 13.2 Å². The molecule has 0 aliphatic carbocycles. The van der Waals surface area contributed by atoms with Gasteiger partial charge in [-0.1, -0.05) is 24.3 Å². The number of anilines is 1. The minimum absolute atomic E-state index is 0.0337. The molecule has 0 bridgehead atoms. The quantitative estimate of drug-likeness (QED) is 0.398. The molecule has 0 radical (unpaired) electrons. The molecule has 0 amide bonds. The molecule has 1 heterocycles. The molecule has 3 aromatic carbocycles. The maximum absolute atomic E-state index is 13.8. The van der Waals surface area contributed by atoms with E-state index in [1.165, 1.54) is 21.0 Å². The molecular formula is C27H26F3NO6S. The number of rotatable bonds is 7. The van der Waals surface area contributed by atoms with Crippen LogP contribution >= 0.6 is 0 Å². The standard InChI is InChI=1S/C27H26F3NO6S/c1-26(2,25(32)33)15-21-16-31(38(34,35)22-9-5-7-19(14-22)27(28,29)30)23-13-18(10-11-24(23)37-21)17-6-4-8-20(12-17)36-3/h4-14,21H,15-16H2,1-3H3,(H,32,33). The van der Waals surface area contributed by atoms with Crippen LogP contribution in [0.25, 0.3) is 11.1 Å². The van der Waals surface area contributed by atoms with Crippen LogP contribution in [0.15, 0.2) is 71.6 Å². The van der Waals surface area contributed by atoms with Crippen molar-refractivity contribution in [2.75, 3.05) is 18.0 Å². The Morgan fingerprint density at radius 3 is 2.39 bits per heavy atom. The fraction of sp³-hybridized carbons (Fsp3) is 0.296. The van der Waals surface area contributed by atoms with Gasteiger partial charge in [0.2, 0.25) is 0 Å². The van der Waals surface area contributed by atoms with Crippen LogP contribution in [-0.2, 0) is 21.0 Å². The van der Waals surface area contributed by atoms with Crippen LogP contribution in [0, 0.1) is 5.41 Å². The lowest BCUT2D eigenvalue weighted by molar-refractivity contribution is -0.148. The van der Waals surface area contributed by atoms with Crippen molar-refractivity contribution in [1.82, 2.24) is 0 Å². The number of nitrogens with zero attached hydrogens (tertiary/aromatic N) is 1. The second-order valence-electron chi connectivity index (χ2n) is 9.61. The molecule has 0 saturated heterocycles. The zero-order valence-corrected chi connectivity index (χ0v) is 21.6. The molecule has 0 spiro atoms. The van der Waals surface area contributed by atoms with Gasteiger partial charge in [0, 0.05) is 6.42 Å². The minimum atomic E-state index is -4.73. The van der Waals surface area contributed by atoms with E-state index < -0.39 is 44.1 Å². The van der Waals surface area contributed by atoms with Crippen molar-refractivity contribution >= 4 is 21.7 Å². The van der Waals surface area contributed by atoms with Crippen LogP contribution in [0.3, 0.4) is 0 Å². The number of sulfonamides is 1. The number of alkyl halides is 3. The van der Waals surface area contributed by atoms with Crippen LogP contribution in [-0.4, -0.2) is 39.3 Å². The molecule has 0 saturated carbocycles. The molecule has 3 aromatic rings. The molecule has 1 unspecified atom stereocenters. The van der Waals surface area contributed by atoms with Gasteiger partial charge in [0.15, 0.2) is 0 Å². The summed E-state index contributed by atoms with van der Waals surface area (Å²) in [6.07, 6.45) is -5.63. The second-order valence-corrected chi connectivity index (χ2v) is 11.5. The van der Waals surface area contributed by atoms with E-state index in [1.807, 2.05) is 0 Å². The van der Waals surface area contributed by atoms with E-state index in [9.17, 15) is 31.5 Å². The van der Waals surface area contributed by atoms with E-state index in [0.29, 0.717) is 17.4 Å². The number of methoxy groups -OCH3 is 1. The van der Waals surface area contributed by atoms with Gasteiger partial charge < -0.3 is 14.6 Å². The highest BCUT2D eigenvalue weighted by Crippen LogP contribution is 2.42. The summed E-state index contributed by atoms with van der Waals surface area (Å²) in [6.45, 7) is 2.70. The van der Waals surface area contributed by atoms with Crippen molar-refractivity contribution in [2.45, 2.75) is 37.4 Å². The molecule has 4 rings (SSSR count). The number of hydrogen-bond acceptors (Lipinski definition) is 5. The highest BCUT2D eigenvalue weighted by atomic mass is 32.2. The van der Waals surface area contributed by atoms with E-state index in [1.54, 1.807) is 42.5 Å². The first-order valence-corrected chi connectivity index (χ1v) is 13.0. The van der Waals surface area contributed by atoms with Crippen molar-refractivity contribution in [3.63, 3.8) is 0 Å². The Hall–Kier alpha value is -3.73. The van der Waals surface area contributed by atoms with E-state index in [2.05, 4.69) is 0 Å². The number of aliphatic carboxylic acids is 1. The Morgan fingerprint density at radius 2 is 1.74 bits per heavy atom. The molecule has 1 aliphatic rings. The van der Waals surface area contributed by atoms with Crippen LogP contribution in [0.1, 0.15) is 25.8 Å². The van der Waals surface area contributed by atoms with Crippen molar-refractivity contribution in [2.24, 2.45) is 5.41 Å². The summed E-state index contributed by atoms with van der Waals surface area (Å²) in [6, 6.07) is 15.5. The fourth-order valence-electron chi connectivity index (χ4n) is 4.24. The molecule has 1 atom stereocenters. The van der Waals surface area contributed by atoms with Crippen molar-refractivity contribution in [1.29, 1.82) is 0 Å². The summed E-state index contributed by atoms with van der Waals surface area (Å²) in [5, 5.41) is 9.58. The van der Waals surface area contributed by atoms with Crippen molar-refractivity contribution in [3.05, 3.63) is 72.3 Å². The lowest BCUT2D eigenvalue weighted by atomic mass is 9.86. The Labute approximate surface area is 218 Å². The number of halogens is 3. The topological polar surface area (TPSA) is 93.1 Å². The first-order chi connectivity index (χ1) is 17.7. The van der Waals surface area contributed by atoms with Gasteiger partial charge in [0.05, 0.1) is 35.2 Å². The third-order valence-corrected chi connectivity index (χ3v) is 8.14. The average molecular weight is 550 g/mol. The number of carboxylic acid groups (broad SMARTS) is 1. The SMILES string of the molecule is COc1cccc(-c2ccc3c(c2)N(S(=O)(=O)c2cccc(C(F)(F)F)c2)CC(CC(C)(C)C(=O)O)O3)c1. The summed E-state index contributed by atoms with van der Waals surface area (Å²) in [4.78, 5) is 11.2. The average Bonchev–Trinajstić information content (AvgIpc) is 2.87. The van der Waals surface area contributed by atoms with Crippen molar-refractivity contribution < 1.29 is 41.0 Å². The van der Waals surface area contributed by atoms with E-state index in [4.69, 9.17) is 9.47 Å². The zero-order chi connectivity index (χ0) is 27.9. The molecular weight excluding hydrogens is 523 g/mol. The zero-order valence-electron chi connectivity index (χ0n) is 20.8. The first kappa shape index (κ1) is 27.3. The molecule has 11 heteroatoms. The maximum atomic E-state index is 13.8. The van der Waals surface area contributed by atoms with Crippen LogP contribution < -0.4 is 13.8 Å². The van der Waals surface area contributed by atoms with Gasteiger partial charge in [0.1, 0.15) is 17.6 Å². The molecule has 0 fully saturated rings. The fourth-order valence-corrected chi connectivity index (χ4v) is 5.79. The molecule has 1 N–H and O–H groups in total. The Bertz CT molecular complexity index is 1470. The van der Waals surface area contributed by atoms with E-state index >= 15 is 0 Å². The van der Waals surface area contributed by atoms with Crippen LogP contribution in [0.4, 0.5) is 18.9 Å². The van der Waals surface area contributed by atoms with Gasteiger partial charge in [-0.05, 0) is 67.4 Å². The summed E-state index contributed by atoms with van der Waals surface area (Å²) in [5.74, 6) is -0.335. The monoisotopic (exact) mass is 549 g/mol. The normalized spacial score (nSPS) is 15.9. The Balaban J connectivity index is 1.83. The van der Waals surface area contributed by atoms with Crippen LogP contribution in [0.2, 0.25) is 0 Å². The summed E-state index contributed by atoms with van der Waals surface area (Å²) < 4.78 is 80.0. The predicted molar refractivity (Wildman–Crippen MR) is 135 cm³/mol. The van der Waals surface area contributed by atoms with E-state index in [-0.39, 0.29) is 24.4 Å². The summed E-state index contributed by atoms with van der Waals surface area (Å²) in [7, 11) is -2.98. The molecule has 202 valence electrons. The number of fused-ring (bicyclic) bond motifs is 1. The summed E-state index contributed by atoms with van der Waals surface area (Å²) in [5.41, 5.74) is -0.862. The maximum Gasteiger partial charge on any atom is 0.416 e. The number of carbonyl (C=O) groups is 1. The third kappa shape index (κ3) is 5.42. The van der Waals surface area contributed by atoms with Gasteiger partial charge in [-0.15, -0.1) is 0 Å². The Morgan fingerprint density at radius 1 is 1.05 bits per heavy atom. The number of carboxylic acids is 1. The lowest BCUT2D eigenvalue weighted by Gasteiger charge is -2.38. The smallest absolute Gasteiger partial charge is 0.416 e.